The van der Waals surface area contributed by atoms with Crippen LogP contribution in [0.1, 0.15) is 25.6 Å². The molecule has 0 aromatic carbocycles. The van der Waals surface area contributed by atoms with Gasteiger partial charge in [-0.1, -0.05) is 0 Å². The lowest BCUT2D eigenvalue weighted by molar-refractivity contribution is 0.0478. The van der Waals surface area contributed by atoms with E-state index < -0.39 is 35.2 Å². The molecule has 2 rings (SSSR count). The molecule has 2 heterocycles. The van der Waals surface area contributed by atoms with Crippen molar-refractivity contribution in [2.45, 2.75) is 6.92 Å². The minimum absolute atomic E-state index is 0.276. The fraction of sp³-hybridized carbons (Fsp3) is 0.231. The molecule has 0 bridgehead atoms. The Bertz CT molecular complexity index is 861. The van der Waals surface area contributed by atoms with Crippen LogP contribution in [0.15, 0.2) is 21.0 Å². The van der Waals surface area contributed by atoms with Crippen molar-refractivity contribution < 1.29 is 14.3 Å². The molecule has 2 aromatic rings. The molecule has 0 unspecified atom stereocenters. The highest BCUT2D eigenvalue weighted by Crippen LogP contribution is 2.16. The number of ketones is 1. The molecule has 22 heavy (non-hydrogen) atoms. The van der Waals surface area contributed by atoms with Crippen molar-refractivity contribution in [3.05, 3.63) is 48.3 Å². The molecule has 0 aliphatic carbocycles. The zero-order valence-corrected chi connectivity index (χ0v) is 12.7. The molecule has 3 N–H and O–H groups in total. The first kappa shape index (κ1) is 15.7. The molecule has 0 saturated carbocycles. The summed E-state index contributed by atoms with van der Waals surface area (Å²) in [6.45, 7) is 1.10. The number of nitrogens with one attached hydrogen (secondary N) is 1. The smallest absolute Gasteiger partial charge is 0.349 e. The Morgan fingerprint density at radius 3 is 2.68 bits per heavy atom. The van der Waals surface area contributed by atoms with Crippen LogP contribution < -0.4 is 17.0 Å². The Morgan fingerprint density at radius 2 is 2.09 bits per heavy atom. The molecule has 0 fully saturated rings. The number of aryl methyl sites for hydroxylation is 1. The average Bonchev–Trinajstić information content (AvgIpc) is 2.88. The molecule has 0 saturated heterocycles. The van der Waals surface area contributed by atoms with Gasteiger partial charge in [0, 0.05) is 7.05 Å². The lowest BCUT2D eigenvalue weighted by Crippen LogP contribution is -2.35. The normalized spacial score (nSPS) is 10.5. The van der Waals surface area contributed by atoms with Gasteiger partial charge in [-0.2, -0.15) is 0 Å². The van der Waals surface area contributed by atoms with Crippen molar-refractivity contribution in [3.8, 4) is 0 Å². The minimum Gasteiger partial charge on any atom is -0.453 e. The van der Waals surface area contributed by atoms with E-state index in [1.165, 1.54) is 18.4 Å². The predicted molar refractivity (Wildman–Crippen MR) is 80.4 cm³/mol. The molecule has 0 atom stereocenters. The second kappa shape index (κ2) is 5.98. The number of nitrogens with two attached hydrogens (primary N) is 1. The number of anilines is 1. The summed E-state index contributed by atoms with van der Waals surface area (Å²) in [5.74, 6) is -1.71. The maximum Gasteiger partial charge on any atom is 0.349 e. The molecule has 0 amide bonds. The first-order chi connectivity index (χ1) is 10.3. The SMILES string of the molecule is Cc1ccsc1C(=O)OCC(=O)c1c(N)n(C)c(=O)[nH]c1=O. The number of aromatic nitrogens is 2. The molecule has 116 valence electrons. The molecular formula is C13H13N3O5S. The largest absolute Gasteiger partial charge is 0.453 e. The Morgan fingerprint density at radius 1 is 1.41 bits per heavy atom. The first-order valence-electron chi connectivity index (χ1n) is 6.16. The van der Waals surface area contributed by atoms with Gasteiger partial charge in [-0.3, -0.25) is 19.1 Å². The van der Waals surface area contributed by atoms with Crippen molar-refractivity contribution in [2.24, 2.45) is 7.05 Å². The van der Waals surface area contributed by atoms with E-state index in [-0.39, 0.29) is 5.82 Å². The number of Topliss-reactive ketones (excluding diaryl/α,β-unsaturated/α-hetero) is 1. The van der Waals surface area contributed by atoms with Gasteiger partial charge < -0.3 is 10.5 Å². The Kier molecular flexibility index (Phi) is 4.27. The highest BCUT2D eigenvalue weighted by molar-refractivity contribution is 7.12. The molecule has 9 heteroatoms. The highest BCUT2D eigenvalue weighted by Gasteiger charge is 2.20. The number of hydrogen-bond acceptors (Lipinski definition) is 7. The van der Waals surface area contributed by atoms with Crippen LogP contribution in [0, 0.1) is 6.92 Å². The summed E-state index contributed by atoms with van der Waals surface area (Å²) in [7, 11) is 1.31. The monoisotopic (exact) mass is 323 g/mol. The summed E-state index contributed by atoms with van der Waals surface area (Å²) in [6, 6.07) is 1.75. The van der Waals surface area contributed by atoms with E-state index in [1.54, 1.807) is 18.4 Å². The van der Waals surface area contributed by atoms with Gasteiger partial charge >= 0.3 is 11.7 Å². The molecule has 2 aromatic heterocycles. The van der Waals surface area contributed by atoms with Crippen LogP contribution in [-0.2, 0) is 11.8 Å². The van der Waals surface area contributed by atoms with Gasteiger partial charge in [-0.25, -0.2) is 9.59 Å². The predicted octanol–water partition coefficient (Wildman–Crippen LogP) is 0.0654. The number of esters is 1. The zero-order valence-electron chi connectivity index (χ0n) is 11.8. The van der Waals surface area contributed by atoms with Crippen LogP contribution in [0.3, 0.4) is 0 Å². The third kappa shape index (κ3) is 2.84. The Labute approximate surface area is 128 Å². The van der Waals surface area contributed by atoms with Gasteiger partial charge in [0.2, 0.25) is 5.78 Å². The topological polar surface area (TPSA) is 124 Å². The van der Waals surface area contributed by atoms with E-state index in [9.17, 15) is 19.2 Å². The maximum absolute atomic E-state index is 12.0. The first-order valence-corrected chi connectivity index (χ1v) is 7.04. The molecule has 8 nitrogen and oxygen atoms in total. The van der Waals surface area contributed by atoms with Gasteiger partial charge in [-0.05, 0) is 23.9 Å². The average molecular weight is 323 g/mol. The Hall–Kier alpha value is -2.68. The van der Waals surface area contributed by atoms with E-state index in [4.69, 9.17) is 10.5 Å². The van der Waals surface area contributed by atoms with Crippen LogP contribution >= 0.6 is 11.3 Å². The molecule has 0 radical (unpaired) electrons. The van der Waals surface area contributed by atoms with Crippen molar-refractivity contribution in [1.29, 1.82) is 0 Å². The summed E-state index contributed by atoms with van der Waals surface area (Å²) < 4.78 is 5.82. The van der Waals surface area contributed by atoms with E-state index in [2.05, 4.69) is 0 Å². The number of carbonyl (C=O) groups is 2. The maximum atomic E-state index is 12.0. The summed E-state index contributed by atoms with van der Waals surface area (Å²) in [5, 5.41) is 1.73. The van der Waals surface area contributed by atoms with Crippen molar-refractivity contribution >= 4 is 28.9 Å². The molecule has 0 aliphatic heterocycles. The fourth-order valence-corrected chi connectivity index (χ4v) is 2.57. The number of ether oxygens (including phenoxy) is 1. The lowest BCUT2D eigenvalue weighted by Gasteiger charge is -2.08. The van der Waals surface area contributed by atoms with E-state index >= 15 is 0 Å². The molecule has 0 spiro atoms. The number of thiophene rings is 1. The number of aromatic amines is 1. The third-order valence-corrected chi connectivity index (χ3v) is 4.03. The summed E-state index contributed by atoms with van der Waals surface area (Å²) in [6.07, 6.45) is 0. The van der Waals surface area contributed by atoms with E-state index in [0.29, 0.717) is 4.88 Å². The lowest BCUT2D eigenvalue weighted by atomic mass is 10.2. The summed E-state index contributed by atoms with van der Waals surface area (Å²) in [5.41, 5.74) is 4.29. The zero-order chi connectivity index (χ0) is 16.4. The van der Waals surface area contributed by atoms with Crippen molar-refractivity contribution in [3.63, 3.8) is 0 Å². The number of nitrogens with zero attached hydrogens (tertiary/aromatic N) is 1. The number of carbonyl (C=O) groups excluding carboxylic acids is 2. The van der Waals surface area contributed by atoms with Crippen LogP contribution in [-0.4, -0.2) is 27.9 Å². The van der Waals surface area contributed by atoms with Crippen LogP contribution in [0.5, 0.6) is 0 Å². The van der Waals surface area contributed by atoms with Crippen LogP contribution in [0.25, 0.3) is 0 Å². The van der Waals surface area contributed by atoms with Crippen molar-refractivity contribution in [2.75, 3.05) is 12.3 Å². The van der Waals surface area contributed by atoms with Gasteiger partial charge in [0.1, 0.15) is 16.3 Å². The van der Waals surface area contributed by atoms with Gasteiger partial charge in [-0.15, -0.1) is 11.3 Å². The second-order valence-electron chi connectivity index (χ2n) is 4.51. The van der Waals surface area contributed by atoms with Crippen LogP contribution in [0.2, 0.25) is 0 Å². The molecule has 0 aliphatic rings. The van der Waals surface area contributed by atoms with E-state index in [0.717, 1.165) is 10.1 Å². The number of rotatable bonds is 4. The number of H-pyrrole nitrogens is 1. The number of hydrogen-bond donors (Lipinski definition) is 2. The van der Waals surface area contributed by atoms with Gasteiger partial charge in [0.15, 0.2) is 6.61 Å². The summed E-state index contributed by atoms with van der Waals surface area (Å²) in [4.78, 5) is 49.2. The second-order valence-corrected chi connectivity index (χ2v) is 5.43. The van der Waals surface area contributed by atoms with Crippen molar-refractivity contribution in [1.82, 2.24) is 9.55 Å². The van der Waals surface area contributed by atoms with Crippen LogP contribution in [0.4, 0.5) is 5.82 Å². The standard InChI is InChI=1S/C13H13N3O5S/c1-6-3-4-22-9(6)12(19)21-5-7(17)8-10(14)16(2)13(20)15-11(8)18/h3-4H,5,14H2,1-2H3,(H,15,18,20). The Balaban J connectivity index is 2.19. The minimum atomic E-state index is -0.908. The third-order valence-electron chi connectivity index (χ3n) is 3.03. The fourth-order valence-electron chi connectivity index (χ4n) is 1.76. The number of nitrogen functional groups attached to an aromatic ring is 1. The van der Waals surface area contributed by atoms with Gasteiger partial charge in [0.05, 0.1) is 0 Å². The summed E-state index contributed by atoms with van der Waals surface area (Å²) >= 11 is 1.19. The van der Waals surface area contributed by atoms with Gasteiger partial charge in [0.25, 0.3) is 5.56 Å². The molecular weight excluding hydrogens is 310 g/mol. The highest BCUT2D eigenvalue weighted by atomic mass is 32.1. The quantitative estimate of drug-likeness (QED) is 0.606. The van der Waals surface area contributed by atoms with E-state index in [1.807, 2.05) is 4.98 Å².